The highest BCUT2D eigenvalue weighted by Crippen LogP contribution is 2.20. The molecule has 1 aromatic rings. The lowest BCUT2D eigenvalue weighted by molar-refractivity contribution is -0.135. The molecule has 7 nitrogen and oxygen atoms in total. The molecule has 1 saturated heterocycles. The standard InChI is InChI=1S/C20H30N4O3S/c1-4-6-18-7-9-19(10-8-18)28(26,27)24-15-13-23(14-16-24)17(2)20(25)22(3)12-5-11-21/h7-10,17H,4-6,12-16H2,1-3H3. The Balaban J connectivity index is 1.96. The van der Waals surface area contributed by atoms with Crippen LogP contribution in [0.4, 0.5) is 0 Å². The summed E-state index contributed by atoms with van der Waals surface area (Å²) in [5.74, 6) is -0.0435. The van der Waals surface area contributed by atoms with Crippen molar-refractivity contribution in [2.75, 3.05) is 39.8 Å². The van der Waals surface area contributed by atoms with Crippen LogP contribution in [-0.4, -0.2) is 74.2 Å². The van der Waals surface area contributed by atoms with E-state index < -0.39 is 10.0 Å². The first-order chi connectivity index (χ1) is 13.3. The van der Waals surface area contributed by atoms with Crippen molar-refractivity contribution in [3.8, 4) is 6.07 Å². The van der Waals surface area contributed by atoms with Crippen LogP contribution < -0.4 is 0 Å². The molecule has 1 amide bonds. The largest absolute Gasteiger partial charge is 0.343 e. The van der Waals surface area contributed by atoms with Gasteiger partial charge in [-0.05, 0) is 31.0 Å². The van der Waals surface area contributed by atoms with Crippen LogP contribution in [0, 0.1) is 11.3 Å². The smallest absolute Gasteiger partial charge is 0.243 e. The zero-order chi connectivity index (χ0) is 20.7. The van der Waals surface area contributed by atoms with Gasteiger partial charge in [-0.3, -0.25) is 9.69 Å². The molecule has 154 valence electrons. The molecule has 0 saturated carbocycles. The summed E-state index contributed by atoms with van der Waals surface area (Å²) in [6.07, 6.45) is 2.27. The number of carbonyl (C=O) groups excluding carboxylic acids is 1. The average Bonchev–Trinajstić information content (AvgIpc) is 2.71. The molecule has 1 aromatic carbocycles. The summed E-state index contributed by atoms with van der Waals surface area (Å²) >= 11 is 0. The third-order valence-electron chi connectivity index (χ3n) is 5.21. The van der Waals surface area contributed by atoms with E-state index in [1.807, 2.05) is 30.0 Å². The molecule has 1 unspecified atom stereocenters. The first kappa shape index (κ1) is 22.3. The zero-order valence-electron chi connectivity index (χ0n) is 17.0. The molecule has 28 heavy (non-hydrogen) atoms. The van der Waals surface area contributed by atoms with Gasteiger partial charge in [0.05, 0.1) is 23.4 Å². The summed E-state index contributed by atoms with van der Waals surface area (Å²) < 4.78 is 27.3. The van der Waals surface area contributed by atoms with Crippen LogP contribution in [0.1, 0.15) is 32.3 Å². The van der Waals surface area contributed by atoms with Gasteiger partial charge in [-0.2, -0.15) is 9.57 Å². The Kier molecular flexibility index (Phi) is 7.98. The minimum Gasteiger partial charge on any atom is -0.343 e. The molecule has 1 fully saturated rings. The van der Waals surface area contributed by atoms with Gasteiger partial charge < -0.3 is 4.90 Å². The van der Waals surface area contributed by atoms with E-state index >= 15 is 0 Å². The predicted molar refractivity (Wildman–Crippen MR) is 108 cm³/mol. The number of benzene rings is 1. The molecule has 8 heteroatoms. The van der Waals surface area contributed by atoms with Crippen molar-refractivity contribution in [2.45, 2.75) is 44.0 Å². The Morgan fingerprint density at radius 2 is 1.82 bits per heavy atom. The number of amides is 1. The van der Waals surface area contributed by atoms with Crippen molar-refractivity contribution in [1.82, 2.24) is 14.1 Å². The fourth-order valence-electron chi connectivity index (χ4n) is 3.40. The average molecular weight is 407 g/mol. The van der Waals surface area contributed by atoms with Gasteiger partial charge in [0.25, 0.3) is 0 Å². The number of piperazine rings is 1. The number of likely N-dealkylation sites (N-methyl/N-ethyl adjacent to an activating group) is 1. The number of nitrogens with zero attached hydrogens (tertiary/aromatic N) is 4. The maximum atomic E-state index is 12.9. The molecule has 0 N–H and O–H groups in total. The van der Waals surface area contributed by atoms with E-state index in [9.17, 15) is 13.2 Å². The molecule has 1 heterocycles. The van der Waals surface area contributed by atoms with E-state index in [1.165, 1.54) is 4.31 Å². The molecule has 0 spiro atoms. The zero-order valence-corrected chi connectivity index (χ0v) is 17.8. The second kappa shape index (κ2) is 10.0. The number of hydrogen-bond donors (Lipinski definition) is 0. The summed E-state index contributed by atoms with van der Waals surface area (Å²) in [4.78, 5) is 16.4. The van der Waals surface area contributed by atoms with Crippen LogP contribution in [0.5, 0.6) is 0 Å². The van der Waals surface area contributed by atoms with Crippen LogP contribution >= 0.6 is 0 Å². The van der Waals surface area contributed by atoms with Crippen molar-refractivity contribution >= 4 is 15.9 Å². The molecular weight excluding hydrogens is 376 g/mol. The topological polar surface area (TPSA) is 84.7 Å². The Bertz CT molecular complexity index is 794. The lowest BCUT2D eigenvalue weighted by Gasteiger charge is -2.37. The van der Waals surface area contributed by atoms with E-state index in [2.05, 4.69) is 6.92 Å². The Morgan fingerprint density at radius 1 is 1.21 bits per heavy atom. The van der Waals surface area contributed by atoms with Crippen molar-refractivity contribution < 1.29 is 13.2 Å². The fourth-order valence-corrected chi connectivity index (χ4v) is 4.82. The number of aryl methyl sites for hydroxylation is 1. The first-order valence-electron chi connectivity index (χ1n) is 9.76. The highest BCUT2D eigenvalue weighted by atomic mass is 32.2. The quantitative estimate of drug-likeness (QED) is 0.656. The lowest BCUT2D eigenvalue weighted by Crippen LogP contribution is -2.55. The van der Waals surface area contributed by atoms with Gasteiger partial charge in [0.2, 0.25) is 15.9 Å². The number of carbonyl (C=O) groups is 1. The van der Waals surface area contributed by atoms with Crippen LogP contribution in [-0.2, 0) is 21.2 Å². The number of sulfonamides is 1. The molecule has 0 bridgehead atoms. The highest BCUT2D eigenvalue weighted by molar-refractivity contribution is 7.89. The third kappa shape index (κ3) is 5.31. The molecule has 1 aliphatic rings. The van der Waals surface area contributed by atoms with Crippen molar-refractivity contribution in [1.29, 1.82) is 5.26 Å². The molecule has 1 atom stereocenters. The van der Waals surface area contributed by atoms with E-state index in [0.717, 1.165) is 18.4 Å². The molecule has 0 aliphatic carbocycles. The molecule has 2 rings (SSSR count). The van der Waals surface area contributed by atoms with Gasteiger partial charge in [0, 0.05) is 39.8 Å². The van der Waals surface area contributed by atoms with Crippen molar-refractivity contribution in [3.63, 3.8) is 0 Å². The first-order valence-corrected chi connectivity index (χ1v) is 11.2. The molecular formula is C20H30N4O3S. The van der Waals surface area contributed by atoms with Crippen LogP contribution in [0.25, 0.3) is 0 Å². The van der Waals surface area contributed by atoms with Crippen LogP contribution in [0.3, 0.4) is 0 Å². The van der Waals surface area contributed by atoms with Gasteiger partial charge in [-0.15, -0.1) is 0 Å². The van der Waals surface area contributed by atoms with E-state index in [1.54, 1.807) is 24.1 Å². The summed E-state index contributed by atoms with van der Waals surface area (Å²) in [6, 6.07) is 8.83. The number of hydrogen-bond acceptors (Lipinski definition) is 5. The highest BCUT2D eigenvalue weighted by Gasteiger charge is 2.32. The molecule has 1 aliphatic heterocycles. The van der Waals surface area contributed by atoms with Gasteiger partial charge in [0.15, 0.2) is 0 Å². The van der Waals surface area contributed by atoms with E-state index in [-0.39, 0.29) is 11.9 Å². The minimum absolute atomic E-state index is 0.0435. The van der Waals surface area contributed by atoms with Crippen LogP contribution in [0.15, 0.2) is 29.2 Å². The Labute approximate surface area is 168 Å². The monoisotopic (exact) mass is 406 g/mol. The van der Waals surface area contributed by atoms with Crippen LogP contribution in [0.2, 0.25) is 0 Å². The molecule has 0 aromatic heterocycles. The van der Waals surface area contributed by atoms with Gasteiger partial charge >= 0.3 is 0 Å². The van der Waals surface area contributed by atoms with Crippen molar-refractivity contribution in [2.24, 2.45) is 0 Å². The van der Waals surface area contributed by atoms with Crippen molar-refractivity contribution in [3.05, 3.63) is 29.8 Å². The summed E-state index contributed by atoms with van der Waals surface area (Å²) in [5, 5.41) is 8.66. The Morgan fingerprint density at radius 3 is 2.36 bits per heavy atom. The predicted octanol–water partition coefficient (Wildman–Crippen LogP) is 1.71. The van der Waals surface area contributed by atoms with Gasteiger partial charge in [-0.25, -0.2) is 8.42 Å². The second-order valence-electron chi connectivity index (χ2n) is 7.18. The summed E-state index contributed by atoms with van der Waals surface area (Å²) in [6.45, 7) is 6.07. The molecule has 0 radical (unpaired) electrons. The SMILES string of the molecule is CCCc1ccc(S(=O)(=O)N2CCN(C(C)C(=O)N(C)CCC#N)CC2)cc1. The van der Waals surface area contributed by atoms with E-state index in [4.69, 9.17) is 5.26 Å². The fraction of sp³-hybridized carbons (Fsp3) is 0.600. The maximum absolute atomic E-state index is 12.9. The maximum Gasteiger partial charge on any atom is 0.243 e. The summed E-state index contributed by atoms with van der Waals surface area (Å²) in [7, 11) is -1.82. The Hall–Kier alpha value is -1.95. The lowest BCUT2D eigenvalue weighted by atomic mass is 10.1. The van der Waals surface area contributed by atoms with E-state index in [0.29, 0.717) is 44.0 Å². The number of rotatable bonds is 8. The number of nitriles is 1. The van der Waals surface area contributed by atoms with Gasteiger partial charge in [0.1, 0.15) is 0 Å². The minimum atomic E-state index is -3.52. The normalized spacial score (nSPS) is 17.1. The second-order valence-corrected chi connectivity index (χ2v) is 9.12. The van der Waals surface area contributed by atoms with Gasteiger partial charge in [-0.1, -0.05) is 25.5 Å². The summed E-state index contributed by atoms with van der Waals surface area (Å²) in [5.41, 5.74) is 1.14. The third-order valence-corrected chi connectivity index (χ3v) is 7.13.